The number of hydrogen-bond acceptors (Lipinski definition) is 4. The van der Waals surface area contributed by atoms with E-state index in [1.54, 1.807) is 13.8 Å². The fourth-order valence-corrected chi connectivity index (χ4v) is 0.705. The molecule has 0 bridgehead atoms. The number of amides is 1. The second-order valence-electron chi connectivity index (χ2n) is 3.38. The molecule has 0 aromatic carbocycles. The topological polar surface area (TPSA) is 95.6 Å². The summed E-state index contributed by atoms with van der Waals surface area (Å²) in [6, 6.07) is -0.586. The second-order valence-corrected chi connectivity index (χ2v) is 3.38. The van der Waals surface area contributed by atoms with Crippen LogP contribution in [-0.4, -0.2) is 40.9 Å². The lowest BCUT2D eigenvalue weighted by Gasteiger charge is -2.27. The molecule has 0 aromatic rings. The van der Waals surface area contributed by atoms with Crippen LogP contribution in [0.15, 0.2) is 0 Å². The Morgan fingerprint density at radius 1 is 1.54 bits per heavy atom. The molecule has 78 valence electrons. The first-order valence-electron chi connectivity index (χ1n) is 4.28. The van der Waals surface area contributed by atoms with Crippen LogP contribution in [-0.2, 0) is 4.79 Å². The predicted molar refractivity (Wildman–Crippen MR) is 49.0 cm³/mol. The van der Waals surface area contributed by atoms with Gasteiger partial charge >= 0.3 is 0 Å². The first-order chi connectivity index (χ1) is 5.99. The Morgan fingerprint density at radius 2 is 2.00 bits per heavy atom. The predicted octanol–water partition coefficient (Wildman–Crippen LogP) is -1.42. The van der Waals surface area contributed by atoms with E-state index in [0.717, 1.165) is 0 Å². The van der Waals surface area contributed by atoms with E-state index in [9.17, 15) is 4.79 Å². The van der Waals surface area contributed by atoms with Gasteiger partial charge in [0, 0.05) is 0 Å². The normalized spacial score (nSPS) is 13.9. The first-order valence-corrected chi connectivity index (χ1v) is 4.28. The lowest BCUT2D eigenvalue weighted by molar-refractivity contribution is -0.125. The molecule has 0 aliphatic heterocycles. The average Bonchev–Trinajstić information content (AvgIpc) is 2.16. The smallest absolute Gasteiger partial charge is 0.237 e. The zero-order valence-corrected chi connectivity index (χ0v) is 8.08. The molecule has 0 radical (unpaired) electrons. The van der Waals surface area contributed by atoms with Crippen molar-refractivity contribution in [3.8, 4) is 0 Å². The van der Waals surface area contributed by atoms with Gasteiger partial charge in [-0.15, -0.1) is 0 Å². The molecule has 0 aliphatic rings. The van der Waals surface area contributed by atoms with Crippen molar-refractivity contribution in [1.82, 2.24) is 5.32 Å². The summed E-state index contributed by atoms with van der Waals surface area (Å²) in [4.78, 5) is 11.2. The molecule has 13 heavy (non-hydrogen) atoms. The number of carbonyl (C=O) groups excluding carboxylic acids is 1. The van der Waals surface area contributed by atoms with Crippen LogP contribution < -0.4 is 11.1 Å². The van der Waals surface area contributed by atoms with Crippen molar-refractivity contribution in [2.75, 3.05) is 13.2 Å². The van der Waals surface area contributed by atoms with Crippen molar-refractivity contribution in [2.45, 2.75) is 31.8 Å². The molecule has 0 saturated carbocycles. The molecule has 0 fully saturated rings. The molecule has 0 aromatic heterocycles. The zero-order valence-electron chi connectivity index (χ0n) is 8.08. The number of rotatable bonds is 5. The third-order valence-electron chi connectivity index (χ3n) is 1.90. The Kier molecular flexibility index (Phi) is 4.90. The van der Waals surface area contributed by atoms with Crippen molar-refractivity contribution in [3.05, 3.63) is 0 Å². The fraction of sp³-hybridized carbons (Fsp3) is 0.875. The Balaban J connectivity index is 4.17. The molecule has 0 spiro atoms. The molecule has 5 heteroatoms. The summed E-state index contributed by atoms with van der Waals surface area (Å²) in [6.45, 7) is 2.71. The zero-order chi connectivity index (χ0) is 10.5. The molecule has 0 aliphatic carbocycles. The molecule has 1 atom stereocenters. The maximum atomic E-state index is 11.2. The minimum absolute atomic E-state index is 0.314. The van der Waals surface area contributed by atoms with Crippen LogP contribution in [0.25, 0.3) is 0 Å². The minimum atomic E-state index is -0.982. The largest absolute Gasteiger partial charge is 0.394 e. The number of hydrogen-bond donors (Lipinski definition) is 4. The summed E-state index contributed by atoms with van der Waals surface area (Å²) in [7, 11) is 0. The van der Waals surface area contributed by atoms with E-state index >= 15 is 0 Å². The van der Waals surface area contributed by atoms with Crippen LogP contribution in [0, 0.1) is 0 Å². The Morgan fingerprint density at radius 3 is 2.31 bits per heavy atom. The third-order valence-corrected chi connectivity index (χ3v) is 1.90. The van der Waals surface area contributed by atoms with Crippen LogP contribution in [0.4, 0.5) is 0 Å². The minimum Gasteiger partial charge on any atom is -0.394 e. The van der Waals surface area contributed by atoms with Crippen LogP contribution >= 0.6 is 0 Å². The van der Waals surface area contributed by atoms with Crippen LogP contribution in [0.1, 0.15) is 20.3 Å². The van der Waals surface area contributed by atoms with Gasteiger partial charge in [-0.2, -0.15) is 0 Å². The van der Waals surface area contributed by atoms with Gasteiger partial charge < -0.3 is 21.3 Å². The van der Waals surface area contributed by atoms with Gasteiger partial charge in [-0.3, -0.25) is 4.79 Å². The van der Waals surface area contributed by atoms with Crippen molar-refractivity contribution in [3.63, 3.8) is 0 Å². The summed E-state index contributed by atoms with van der Waals surface area (Å²) < 4.78 is 0. The van der Waals surface area contributed by atoms with Crippen molar-refractivity contribution in [1.29, 1.82) is 0 Å². The maximum Gasteiger partial charge on any atom is 0.237 e. The number of nitrogens with one attached hydrogen (secondary N) is 1. The molecule has 1 amide bonds. The molecule has 0 rings (SSSR count). The molecule has 0 saturated heterocycles. The van der Waals surface area contributed by atoms with E-state index in [1.165, 1.54) is 0 Å². The highest BCUT2D eigenvalue weighted by molar-refractivity contribution is 5.82. The quantitative estimate of drug-likeness (QED) is 0.428. The van der Waals surface area contributed by atoms with E-state index in [0.29, 0.717) is 6.42 Å². The maximum absolute atomic E-state index is 11.2. The molecule has 5 N–H and O–H groups in total. The van der Waals surface area contributed by atoms with E-state index in [1.807, 2.05) is 0 Å². The van der Waals surface area contributed by atoms with Crippen molar-refractivity contribution >= 4 is 5.91 Å². The van der Waals surface area contributed by atoms with E-state index in [4.69, 9.17) is 15.9 Å². The lowest BCUT2D eigenvalue weighted by Crippen LogP contribution is -2.56. The number of aliphatic hydroxyl groups is 2. The van der Waals surface area contributed by atoms with Gasteiger partial charge in [0.1, 0.15) is 0 Å². The number of aliphatic hydroxyl groups excluding tert-OH is 2. The Hall–Kier alpha value is -0.650. The summed E-state index contributed by atoms with van der Waals surface area (Å²) in [5.74, 6) is -0.354. The van der Waals surface area contributed by atoms with Crippen molar-refractivity contribution < 1.29 is 15.0 Å². The molecule has 0 heterocycles. The van der Waals surface area contributed by atoms with Gasteiger partial charge in [-0.05, 0) is 13.3 Å². The van der Waals surface area contributed by atoms with Crippen LogP contribution in [0.2, 0.25) is 0 Å². The molecular formula is C8H18N2O3. The first kappa shape index (κ1) is 12.3. The summed E-state index contributed by atoms with van der Waals surface area (Å²) in [5.41, 5.74) is 4.48. The Labute approximate surface area is 77.9 Å². The van der Waals surface area contributed by atoms with Gasteiger partial charge in [-0.25, -0.2) is 0 Å². The SMILES string of the molecule is CCC(N)C(=O)NC(C)(CO)CO. The third kappa shape index (κ3) is 3.71. The van der Waals surface area contributed by atoms with Crippen LogP contribution in [0.5, 0.6) is 0 Å². The highest BCUT2D eigenvalue weighted by Gasteiger charge is 2.26. The summed E-state index contributed by atoms with van der Waals surface area (Å²) in [5, 5.41) is 20.2. The van der Waals surface area contributed by atoms with Gasteiger partial charge in [0.2, 0.25) is 5.91 Å². The standard InChI is InChI=1S/C8H18N2O3/c1-3-6(9)7(13)10-8(2,4-11)5-12/h6,11-12H,3-5,9H2,1-2H3,(H,10,13). The van der Waals surface area contributed by atoms with Crippen LogP contribution in [0.3, 0.4) is 0 Å². The summed E-state index contributed by atoms with van der Waals surface area (Å²) >= 11 is 0. The number of carbonyl (C=O) groups is 1. The van der Waals surface area contributed by atoms with E-state index in [-0.39, 0.29) is 19.1 Å². The average molecular weight is 190 g/mol. The Bertz CT molecular complexity index is 169. The second kappa shape index (κ2) is 5.16. The summed E-state index contributed by atoms with van der Waals surface area (Å²) in [6.07, 6.45) is 0.527. The van der Waals surface area contributed by atoms with Gasteiger partial charge in [0.05, 0.1) is 24.8 Å². The fourth-order valence-electron chi connectivity index (χ4n) is 0.705. The van der Waals surface area contributed by atoms with Gasteiger partial charge in [0.15, 0.2) is 0 Å². The lowest BCUT2D eigenvalue weighted by atomic mass is 10.0. The van der Waals surface area contributed by atoms with Crippen molar-refractivity contribution in [2.24, 2.45) is 5.73 Å². The monoisotopic (exact) mass is 190 g/mol. The van der Waals surface area contributed by atoms with E-state index in [2.05, 4.69) is 5.32 Å². The molecular weight excluding hydrogens is 172 g/mol. The molecule has 5 nitrogen and oxygen atoms in total. The highest BCUT2D eigenvalue weighted by Crippen LogP contribution is 2.01. The molecule has 1 unspecified atom stereocenters. The van der Waals surface area contributed by atoms with Gasteiger partial charge in [-0.1, -0.05) is 6.92 Å². The van der Waals surface area contributed by atoms with E-state index < -0.39 is 11.6 Å². The number of nitrogens with two attached hydrogens (primary N) is 1. The van der Waals surface area contributed by atoms with Gasteiger partial charge in [0.25, 0.3) is 0 Å². The highest BCUT2D eigenvalue weighted by atomic mass is 16.3.